The molecule has 0 aromatic heterocycles. The molecule has 0 bridgehead atoms. The fourth-order valence-electron chi connectivity index (χ4n) is 1.41. The summed E-state index contributed by atoms with van der Waals surface area (Å²) in [6, 6.07) is 0. The molecule has 0 aliphatic heterocycles. The van der Waals surface area contributed by atoms with E-state index in [4.69, 9.17) is 4.52 Å². The first-order valence-corrected chi connectivity index (χ1v) is 5.80. The van der Waals surface area contributed by atoms with Crippen LogP contribution in [0.4, 0.5) is 0 Å². The van der Waals surface area contributed by atoms with Crippen molar-refractivity contribution < 1.29 is 9.09 Å². The molecule has 0 heterocycles. The van der Waals surface area contributed by atoms with Gasteiger partial charge in [-0.2, -0.15) is 0 Å². The largest absolute Gasteiger partial charge is 0.508 e. The Balaban J connectivity index is 2.19. The highest BCUT2D eigenvalue weighted by Crippen LogP contribution is 2.30. The van der Waals surface area contributed by atoms with Gasteiger partial charge in [0.2, 0.25) is 0 Å². The molecular formula is C8H16O2P+. The van der Waals surface area contributed by atoms with Gasteiger partial charge in [0, 0.05) is 0 Å². The topological polar surface area (TPSA) is 26.3 Å². The zero-order valence-electron chi connectivity index (χ0n) is 7.08. The molecular weight excluding hydrogens is 159 g/mol. The van der Waals surface area contributed by atoms with Gasteiger partial charge in [0.1, 0.15) is 6.10 Å². The van der Waals surface area contributed by atoms with Gasteiger partial charge in [-0.3, -0.25) is 0 Å². The summed E-state index contributed by atoms with van der Waals surface area (Å²) in [4.78, 5) is 0. The van der Waals surface area contributed by atoms with Crippen LogP contribution < -0.4 is 0 Å². The molecule has 0 amide bonds. The van der Waals surface area contributed by atoms with Crippen LogP contribution in [0.15, 0.2) is 0 Å². The van der Waals surface area contributed by atoms with Crippen molar-refractivity contribution in [3.63, 3.8) is 0 Å². The Morgan fingerprint density at radius 2 is 2.00 bits per heavy atom. The Labute approximate surface area is 69.2 Å². The Bertz CT molecular complexity index is 130. The summed E-state index contributed by atoms with van der Waals surface area (Å²) < 4.78 is 16.4. The highest BCUT2D eigenvalue weighted by molar-refractivity contribution is 7.39. The van der Waals surface area contributed by atoms with Crippen molar-refractivity contribution in [3.8, 4) is 0 Å². The predicted octanol–water partition coefficient (Wildman–Crippen LogP) is 3.10. The second kappa shape index (κ2) is 4.84. The lowest BCUT2D eigenvalue weighted by Gasteiger charge is -2.15. The minimum atomic E-state index is -1.35. The first kappa shape index (κ1) is 9.15. The van der Waals surface area contributed by atoms with Gasteiger partial charge in [-0.15, -0.1) is 4.52 Å². The summed E-state index contributed by atoms with van der Waals surface area (Å²) in [7, 11) is -1.35. The Morgan fingerprint density at radius 1 is 1.36 bits per heavy atom. The maximum Gasteiger partial charge on any atom is 0.508 e. The molecule has 1 aliphatic rings. The normalized spacial score (nSPS) is 21.7. The van der Waals surface area contributed by atoms with Crippen molar-refractivity contribution in [3.05, 3.63) is 0 Å². The summed E-state index contributed by atoms with van der Waals surface area (Å²) in [5, 5.41) is 0. The first-order chi connectivity index (χ1) is 5.33. The monoisotopic (exact) mass is 175 g/mol. The molecule has 11 heavy (non-hydrogen) atoms. The van der Waals surface area contributed by atoms with Crippen LogP contribution in [-0.2, 0) is 9.09 Å². The quantitative estimate of drug-likeness (QED) is 0.616. The molecule has 1 aliphatic carbocycles. The Hall–Kier alpha value is 0.0600. The minimum Gasteiger partial charge on any atom is -0.143 e. The van der Waals surface area contributed by atoms with E-state index in [1.54, 1.807) is 0 Å². The standard InChI is InChI=1S/C8H16O2P/c1-2-11(9)10-8-6-4-3-5-7-8/h8H,2-7H2,1H3/q+1. The molecule has 1 atom stereocenters. The van der Waals surface area contributed by atoms with Gasteiger partial charge in [0.05, 0.1) is 0 Å². The molecule has 1 rings (SSSR count). The Kier molecular flexibility index (Phi) is 4.03. The van der Waals surface area contributed by atoms with Crippen LogP contribution in [0.3, 0.4) is 0 Å². The van der Waals surface area contributed by atoms with Gasteiger partial charge in [-0.05, 0) is 24.3 Å². The van der Waals surface area contributed by atoms with E-state index >= 15 is 0 Å². The van der Waals surface area contributed by atoms with E-state index in [1.165, 1.54) is 19.3 Å². The molecule has 64 valence electrons. The van der Waals surface area contributed by atoms with Gasteiger partial charge in [0.15, 0.2) is 6.16 Å². The van der Waals surface area contributed by atoms with E-state index in [2.05, 4.69) is 0 Å². The Morgan fingerprint density at radius 3 is 2.55 bits per heavy atom. The fraction of sp³-hybridized carbons (Fsp3) is 1.00. The average Bonchev–Trinajstić information content (AvgIpc) is 2.06. The molecule has 0 radical (unpaired) electrons. The number of hydrogen-bond acceptors (Lipinski definition) is 2. The average molecular weight is 175 g/mol. The van der Waals surface area contributed by atoms with Gasteiger partial charge >= 0.3 is 8.03 Å². The van der Waals surface area contributed by atoms with Crippen molar-refractivity contribution >= 4 is 8.03 Å². The molecule has 1 fully saturated rings. The van der Waals surface area contributed by atoms with Crippen molar-refractivity contribution in [1.82, 2.24) is 0 Å². The lowest BCUT2D eigenvalue weighted by molar-refractivity contribution is 0.166. The van der Waals surface area contributed by atoms with Gasteiger partial charge in [0.25, 0.3) is 0 Å². The molecule has 1 saturated carbocycles. The van der Waals surface area contributed by atoms with Crippen molar-refractivity contribution in [2.75, 3.05) is 6.16 Å². The van der Waals surface area contributed by atoms with Crippen molar-refractivity contribution in [2.24, 2.45) is 0 Å². The van der Waals surface area contributed by atoms with Crippen LogP contribution in [0.1, 0.15) is 39.0 Å². The smallest absolute Gasteiger partial charge is 0.143 e. The van der Waals surface area contributed by atoms with Gasteiger partial charge in [-0.1, -0.05) is 19.3 Å². The van der Waals surface area contributed by atoms with E-state index in [0.29, 0.717) is 12.3 Å². The third-order valence-electron chi connectivity index (χ3n) is 2.08. The summed E-state index contributed by atoms with van der Waals surface area (Å²) >= 11 is 0. The molecule has 2 nitrogen and oxygen atoms in total. The second-order valence-corrected chi connectivity index (χ2v) is 4.52. The van der Waals surface area contributed by atoms with E-state index in [0.717, 1.165) is 12.8 Å². The van der Waals surface area contributed by atoms with Crippen LogP contribution in [0, 0.1) is 0 Å². The van der Waals surface area contributed by atoms with Crippen LogP contribution >= 0.6 is 8.03 Å². The second-order valence-electron chi connectivity index (χ2n) is 3.01. The highest BCUT2D eigenvalue weighted by atomic mass is 31.1. The number of hydrogen-bond donors (Lipinski definition) is 0. The molecule has 1 unspecified atom stereocenters. The molecule has 0 saturated heterocycles. The SMILES string of the molecule is CC[P+](=O)OC1CCCCC1. The van der Waals surface area contributed by atoms with Gasteiger partial charge in [-0.25, -0.2) is 0 Å². The van der Waals surface area contributed by atoms with E-state index in [1.807, 2.05) is 6.92 Å². The molecule has 0 N–H and O–H groups in total. The van der Waals surface area contributed by atoms with Crippen LogP contribution in [0.5, 0.6) is 0 Å². The summed E-state index contributed by atoms with van der Waals surface area (Å²) in [6.45, 7) is 1.90. The summed E-state index contributed by atoms with van der Waals surface area (Å²) in [5.41, 5.74) is 0. The van der Waals surface area contributed by atoms with Crippen molar-refractivity contribution in [2.45, 2.75) is 45.1 Å². The predicted molar refractivity (Wildman–Crippen MR) is 46.1 cm³/mol. The van der Waals surface area contributed by atoms with Crippen LogP contribution in [0.2, 0.25) is 0 Å². The molecule has 3 heteroatoms. The zero-order chi connectivity index (χ0) is 8.10. The third-order valence-corrected chi connectivity index (χ3v) is 3.13. The molecule has 0 aromatic rings. The minimum absolute atomic E-state index is 0.298. The summed E-state index contributed by atoms with van der Waals surface area (Å²) in [5.74, 6) is 0. The maximum atomic E-state index is 11.0. The van der Waals surface area contributed by atoms with Gasteiger partial charge < -0.3 is 0 Å². The van der Waals surface area contributed by atoms with E-state index < -0.39 is 8.03 Å². The lowest BCUT2D eigenvalue weighted by Crippen LogP contribution is -2.13. The van der Waals surface area contributed by atoms with Crippen LogP contribution in [0.25, 0.3) is 0 Å². The fourth-order valence-corrected chi connectivity index (χ4v) is 2.10. The van der Waals surface area contributed by atoms with E-state index in [-0.39, 0.29) is 0 Å². The number of rotatable bonds is 3. The summed E-state index contributed by atoms with van der Waals surface area (Å²) in [6.07, 6.45) is 7.00. The van der Waals surface area contributed by atoms with Crippen LogP contribution in [-0.4, -0.2) is 12.3 Å². The van der Waals surface area contributed by atoms with E-state index in [9.17, 15) is 4.57 Å². The maximum absolute atomic E-state index is 11.0. The lowest BCUT2D eigenvalue weighted by atomic mass is 9.98. The van der Waals surface area contributed by atoms with Crippen molar-refractivity contribution in [1.29, 1.82) is 0 Å². The molecule has 0 aromatic carbocycles. The third kappa shape index (κ3) is 3.31. The zero-order valence-corrected chi connectivity index (χ0v) is 7.98. The highest BCUT2D eigenvalue weighted by Gasteiger charge is 2.23. The molecule has 0 spiro atoms. The first-order valence-electron chi connectivity index (χ1n) is 4.44.